The summed E-state index contributed by atoms with van der Waals surface area (Å²) in [4.78, 5) is 0. The summed E-state index contributed by atoms with van der Waals surface area (Å²) >= 11 is -4.97. The van der Waals surface area contributed by atoms with Crippen LogP contribution in [0.1, 0.15) is 0 Å². The standard InChI is InChI=1S/C5H10B2O10S2/c8-18(9)16-6-12-1-5(2-13-6)3-14-7(15-4-5)17-19(10)11/h1-4H2,(H,8,9)(H,10,11). The lowest BCUT2D eigenvalue weighted by Crippen LogP contribution is -2.55. The Morgan fingerprint density at radius 1 is 0.842 bits per heavy atom. The molecule has 2 saturated heterocycles. The first-order valence-corrected chi connectivity index (χ1v) is 7.08. The van der Waals surface area contributed by atoms with Crippen LogP contribution in [0.4, 0.5) is 0 Å². The number of rotatable bonds is 4. The number of hydrogen-bond donors (Lipinski definition) is 2. The Morgan fingerprint density at radius 3 is 1.42 bits per heavy atom. The predicted molar refractivity (Wildman–Crippen MR) is 61.5 cm³/mol. The van der Waals surface area contributed by atoms with E-state index < -0.39 is 42.8 Å². The van der Waals surface area contributed by atoms with E-state index in [-0.39, 0.29) is 26.4 Å². The minimum Gasteiger partial charge on any atom is -0.384 e. The molecule has 0 bridgehead atoms. The second-order valence-corrected chi connectivity index (χ2v) is 5.20. The van der Waals surface area contributed by atoms with Crippen LogP contribution in [0.2, 0.25) is 0 Å². The lowest BCUT2D eigenvalue weighted by atomic mass is 9.87. The van der Waals surface area contributed by atoms with Crippen LogP contribution >= 0.6 is 0 Å². The molecule has 10 nitrogen and oxygen atoms in total. The Bertz CT molecular complexity index is 314. The van der Waals surface area contributed by atoms with Crippen LogP contribution in [-0.4, -0.2) is 58.6 Å². The summed E-state index contributed by atoms with van der Waals surface area (Å²) in [5.41, 5.74) is -0.617. The van der Waals surface area contributed by atoms with E-state index in [0.29, 0.717) is 0 Å². The van der Waals surface area contributed by atoms with Crippen molar-refractivity contribution < 1.29 is 44.3 Å². The lowest BCUT2D eigenvalue weighted by molar-refractivity contribution is -0.103. The average Bonchev–Trinajstić information content (AvgIpc) is 2.34. The van der Waals surface area contributed by atoms with Crippen molar-refractivity contribution in [2.45, 2.75) is 0 Å². The summed E-state index contributed by atoms with van der Waals surface area (Å²) in [5.74, 6) is 0. The normalized spacial score (nSPS) is 26.4. The molecule has 14 heteroatoms. The van der Waals surface area contributed by atoms with Gasteiger partial charge in [-0.2, -0.15) is 8.42 Å². The van der Waals surface area contributed by atoms with Crippen LogP contribution in [0.3, 0.4) is 0 Å². The summed E-state index contributed by atoms with van der Waals surface area (Å²) in [5, 5.41) is 0. The van der Waals surface area contributed by atoms with E-state index in [9.17, 15) is 8.42 Å². The maximum Gasteiger partial charge on any atom is 0.654 e. The average molecular weight is 316 g/mol. The molecule has 2 rings (SSSR count). The summed E-state index contributed by atoms with van der Waals surface area (Å²) in [6.07, 6.45) is 0. The van der Waals surface area contributed by atoms with Crippen molar-refractivity contribution in [3.05, 3.63) is 0 Å². The molecule has 0 radical (unpaired) electrons. The highest BCUT2D eigenvalue weighted by Gasteiger charge is 2.47. The minimum absolute atomic E-state index is 0.115. The largest absolute Gasteiger partial charge is 0.654 e. The molecule has 0 aromatic rings. The summed E-state index contributed by atoms with van der Waals surface area (Å²) in [7, 11) is -2.45. The highest BCUT2D eigenvalue weighted by molar-refractivity contribution is 7.75. The monoisotopic (exact) mass is 316 g/mol. The highest BCUT2D eigenvalue weighted by atomic mass is 32.2. The fourth-order valence-corrected chi connectivity index (χ4v) is 2.06. The Labute approximate surface area is 114 Å². The first-order valence-electron chi connectivity index (χ1n) is 5.01. The van der Waals surface area contributed by atoms with Gasteiger partial charge in [0.25, 0.3) is 22.7 Å². The third kappa shape index (κ3) is 4.56. The summed E-state index contributed by atoms with van der Waals surface area (Å²) in [6, 6.07) is 0. The zero-order valence-electron chi connectivity index (χ0n) is 9.46. The van der Waals surface area contributed by atoms with Gasteiger partial charge in [-0.15, -0.1) is 0 Å². The van der Waals surface area contributed by atoms with Gasteiger partial charge >= 0.3 is 14.6 Å². The van der Waals surface area contributed by atoms with Gasteiger partial charge in [0, 0.05) is 26.4 Å². The molecular weight excluding hydrogens is 306 g/mol. The maximum atomic E-state index is 10.4. The Balaban J connectivity index is 1.78. The van der Waals surface area contributed by atoms with Gasteiger partial charge in [0.15, 0.2) is 0 Å². The van der Waals surface area contributed by atoms with Crippen LogP contribution in [-0.2, 0) is 49.5 Å². The zero-order chi connectivity index (χ0) is 13.9. The second-order valence-electron chi connectivity index (χ2n) is 3.95. The second kappa shape index (κ2) is 6.71. The van der Waals surface area contributed by atoms with Crippen LogP contribution < -0.4 is 0 Å². The van der Waals surface area contributed by atoms with E-state index in [1.165, 1.54) is 0 Å². The number of hydrogen-bond acceptors (Lipinski definition) is 8. The molecule has 1 spiro atoms. The molecular formula is C5H10B2O10S2. The molecule has 2 N–H and O–H groups in total. The van der Waals surface area contributed by atoms with Gasteiger partial charge in [0.05, 0.1) is 5.41 Å². The van der Waals surface area contributed by atoms with E-state index in [2.05, 4.69) is 8.20 Å². The fourth-order valence-electron chi connectivity index (χ4n) is 1.57. The van der Waals surface area contributed by atoms with Gasteiger partial charge in [-0.1, -0.05) is 0 Å². The summed E-state index contributed by atoms with van der Waals surface area (Å²) < 4.78 is 66.9. The third-order valence-electron chi connectivity index (χ3n) is 2.42. The molecule has 0 saturated carbocycles. The predicted octanol–water partition coefficient (Wildman–Crippen LogP) is -1.66. The fraction of sp³-hybridized carbons (Fsp3) is 1.00. The van der Waals surface area contributed by atoms with Gasteiger partial charge in [-0.25, -0.2) is 0 Å². The molecule has 2 aliphatic heterocycles. The van der Waals surface area contributed by atoms with Gasteiger partial charge in [-0.05, 0) is 0 Å². The molecule has 19 heavy (non-hydrogen) atoms. The SMILES string of the molecule is O=S(O)OB1OCC2(CO1)COB(OS(=O)O)OC2. The van der Waals surface area contributed by atoms with Crippen LogP contribution in [0.25, 0.3) is 0 Å². The van der Waals surface area contributed by atoms with Crippen molar-refractivity contribution in [1.29, 1.82) is 0 Å². The van der Waals surface area contributed by atoms with Crippen LogP contribution in [0, 0.1) is 5.41 Å². The van der Waals surface area contributed by atoms with E-state index in [4.69, 9.17) is 27.7 Å². The van der Waals surface area contributed by atoms with Crippen LogP contribution in [0.5, 0.6) is 0 Å². The molecule has 0 aromatic heterocycles. The molecule has 0 aromatic carbocycles. The van der Waals surface area contributed by atoms with E-state index in [0.717, 1.165) is 0 Å². The molecule has 2 atom stereocenters. The van der Waals surface area contributed by atoms with E-state index >= 15 is 0 Å². The van der Waals surface area contributed by atoms with Gasteiger partial charge < -0.3 is 18.6 Å². The Kier molecular flexibility index (Phi) is 5.47. The molecule has 2 heterocycles. The first-order chi connectivity index (χ1) is 8.99. The quantitative estimate of drug-likeness (QED) is 0.459. The Morgan fingerprint density at radius 2 is 1.16 bits per heavy atom. The van der Waals surface area contributed by atoms with Crippen LogP contribution in [0.15, 0.2) is 0 Å². The van der Waals surface area contributed by atoms with E-state index in [1.54, 1.807) is 0 Å². The van der Waals surface area contributed by atoms with Gasteiger partial charge in [0.2, 0.25) is 0 Å². The van der Waals surface area contributed by atoms with Crippen molar-refractivity contribution in [3.8, 4) is 0 Å². The van der Waals surface area contributed by atoms with Gasteiger partial charge in [0.1, 0.15) is 0 Å². The molecule has 2 aliphatic rings. The first kappa shape index (κ1) is 15.5. The lowest BCUT2D eigenvalue weighted by Gasteiger charge is -2.41. The van der Waals surface area contributed by atoms with Crippen molar-refractivity contribution >= 4 is 37.4 Å². The molecule has 2 fully saturated rings. The Hall–Kier alpha value is 0.110. The smallest absolute Gasteiger partial charge is 0.384 e. The topological polar surface area (TPSA) is 130 Å². The van der Waals surface area contributed by atoms with E-state index in [1.807, 2.05) is 0 Å². The van der Waals surface area contributed by atoms with Crippen molar-refractivity contribution in [2.24, 2.45) is 5.41 Å². The summed E-state index contributed by atoms with van der Waals surface area (Å²) in [6.45, 7) is 0.460. The maximum absolute atomic E-state index is 10.4. The van der Waals surface area contributed by atoms with Gasteiger partial charge in [-0.3, -0.25) is 17.3 Å². The third-order valence-corrected chi connectivity index (χ3v) is 3.07. The minimum atomic E-state index is -2.49. The van der Waals surface area contributed by atoms with Crippen molar-refractivity contribution in [2.75, 3.05) is 26.4 Å². The van der Waals surface area contributed by atoms with Crippen molar-refractivity contribution in [3.63, 3.8) is 0 Å². The molecule has 0 amide bonds. The molecule has 108 valence electrons. The highest BCUT2D eigenvalue weighted by Crippen LogP contribution is 2.29. The molecule has 2 unspecified atom stereocenters. The molecule has 0 aliphatic carbocycles. The zero-order valence-corrected chi connectivity index (χ0v) is 11.1. The van der Waals surface area contributed by atoms with Crippen molar-refractivity contribution in [1.82, 2.24) is 0 Å².